The summed E-state index contributed by atoms with van der Waals surface area (Å²) in [7, 11) is 0. The molecule has 3 rings (SSSR count). The molecule has 1 N–H and O–H groups in total. The first-order valence-corrected chi connectivity index (χ1v) is 10.3. The highest BCUT2D eigenvalue weighted by molar-refractivity contribution is 5.97. The Balaban J connectivity index is 1.75. The molecule has 1 aliphatic rings. The summed E-state index contributed by atoms with van der Waals surface area (Å²) in [6.07, 6.45) is 0.294. The van der Waals surface area contributed by atoms with Crippen LogP contribution in [-0.2, 0) is 11.3 Å². The van der Waals surface area contributed by atoms with Gasteiger partial charge in [-0.2, -0.15) is 0 Å². The van der Waals surface area contributed by atoms with Crippen LogP contribution in [-0.4, -0.2) is 64.1 Å². The summed E-state index contributed by atoms with van der Waals surface area (Å²) in [6, 6.07) is 4.71. The molecule has 0 atom stereocenters. The first-order valence-electron chi connectivity index (χ1n) is 10.3. The minimum atomic E-state index is -0.495. The Bertz CT molecular complexity index is 1060. The van der Waals surface area contributed by atoms with Gasteiger partial charge in [-0.1, -0.05) is 13.8 Å². The van der Waals surface area contributed by atoms with E-state index in [4.69, 9.17) is 4.74 Å². The van der Waals surface area contributed by atoms with E-state index in [0.717, 1.165) is 4.57 Å². The molecule has 1 fully saturated rings. The lowest BCUT2D eigenvalue weighted by atomic mass is 10.1. The van der Waals surface area contributed by atoms with Crippen LogP contribution in [0.2, 0.25) is 0 Å². The molecular formula is C21H28N4O5. The lowest BCUT2D eigenvalue weighted by Crippen LogP contribution is -2.38. The highest BCUT2D eigenvalue weighted by Gasteiger charge is 2.24. The molecule has 2 amide bonds. The fraction of sp³-hybridized carbons (Fsp3) is 0.524. The third-order valence-electron chi connectivity index (χ3n) is 5.13. The molecule has 0 saturated carbocycles. The van der Waals surface area contributed by atoms with E-state index in [1.165, 1.54) is 0 Å². The Morgan fingerprint density at radius 1 is 1.10 bits per heavy atom. The Morgan fingerprint density at radius 3 is 2.50 bits per heavy atom. The van der Waals surface area contributed by atoms with Crippen LogP contribution in [0.3, 0.4) is 0 Å². The van der Waals surface area contributed by atoms with Crippen molar-refractivity contribution in [2.75, 3.05) is 32.8 Å². The van der Waals surface area contributed by atoms with E-state index in [0.29, 0.717) is 55.7 Å². The Kier molecular flexibility index (Phi) is 6.59. The summed E-state index contributed by atoms with van der Waals surface area (Å²) in [4.78, 5) is 55.7. The molecule has 1 aromatic carbocycles. The van der Waals surface area contributed by atoms with Crippen LogP contribution < -0.4 is 11.2 Å². The molecule has 30 heavy (non-hydrogen) atoms. The number of nitrogens with zero attached hydrogens (tertiary/aromatic N) is 3. The van der Waals surface area contributed by atoms with Gasteiger partial charge in [-0.3, -0.25) is 14.2 Å². The van der Waals surface area contributed by atoms with Crippen molar-refractivity contribution in [3.8, 4) is 0 Å². The van der Waals surface area contributed by atoms with Crippen molar-refractivity contribution >= 4 is 22.9 Å². The van der Waals surface area contributed by atoms with Crippen LogP contribution in [0.1, 0.15) is 37.6 Å². The van der Waals surface area contributed by atoms with E-state index in [1.807, 2.05) is 13.8 Å². The van der Waals surface area contributed by atoms with E-state index in [2.05, 4.69) is 4.98 Å². The molecule has 0 bridgehead atoms. The Morgan fingerprint density at radius 2 is 1.80 bits per heavy atom. The van der Waals surface area contributed by atoms with Crippen molar-refractivity contribution < 1.29 is 14.3 Å². The lowest BCUT2D eigenvalue weighted by Gasteiger charge is -2.22. The second-order valence-electron chi connectivity index (χ2n) is 7.84. The van der Waals surface area contributed by atoms with Crippen molar-refractivity contribution in [2.24, 2.45) is 5.92 Å². The molecule has 1 aliphatic heterocycles. The number of H-pyrrole nitrogens is 1. The number of carbonyl (C=O) groups is 2. The molecule has 0 radical (unpaired) electrons. The molecule has 2 heterocycles. The molecule has 0 unspecified atom stereocenters. The third-order valence-corrected chi connectivity index (χ3v) is 5.13. The minimum absolute atomic E-state index is 0.199. The highest BCUT2D eigenvalue weighted by atomic mass is 16.6. The summed E-state index contributed by atoms with van der Waals surface area (Å²) in [5, 5.41) is 0.364. The SMILES string of the molecule is CCn1c(=O)[nH]c2cc(C(=O)N3CCCN(C(=O)OCC(C)C)CC3)ccc2c1=O. The van der Waals surface area contributed by atoms with Crippen LogP contribution in [0.25, 0.3) is 10.9 Å². The molecule has 162 valence electrons. The maximum atomic E-state index is 13.0. The van der Waals surface area contributed by atoms with Gasteiger partial charge in [0, 0.05) is 38.3 Å². The normalized spacial score (nSPS) is 14.8. The maximum Gasteiger partial charge on any atom is 0.409 e. The van der Waals surface area contributed by atoms with Gasteiger partial charge < -0.3 is 19.5 Å². The van der Waals surface area contributed by atoms with Gasteiger partial charge in [-0.25, -0.2) is 9.59 Å². The molecule has 9 nitrogen and oxygen atoms in total. The quantitative estimate of drug-likeness (QED) is 0.816. The number of amides is 2. The fourth-order valence-electron chi connectivity index (χ4n) is 3.49. The fourth-order valence-corrected chi connectivity index (χ4v) is 3.49. The summed E-state index contributed by atoms with van der Waals surface area (Å²) in [5.74, 6) is 0.0645. The summed E-state index contributed by atoms with van der Waals surface area (Å²) < 4.78 is 6.40. The number of aromatic nitrogens is 2. The average Bonchev–Trinajstić information content (AvgIpc) is 2.97. The van der Waals surface area contributed by atoms with Crippen LogP contribution in [0, 0.1) is 5.92 Å². The predicted octanol–water partition coefficient (Wildman–Crippen LogP) is 1.65. The van der Waals surface area contributed by atoms with Crippen molar-refractivity contribution in [2.45, 2.75) is 33.7 Å². The number of aromatic amines is 1. The third kappa shape index (κ3) is 4.55. The molecule has 9 heteroatoms. The number of benzene rings is 1. The second kappa shape index (κ2) is 9.15. The van der Waals surface area contributed by atoms with Gasteiger partial charge >= 0.3 is 11.8 Å². The van der Waals surface area contributed by atoms with Crippen molar-refractivity contribution in [3.05, 3.63) is 44.6 Å². The van der Waals surface area contributed by atoms with Gasteiger partial charge in [-0.05, 0) is 37.5 Å². The van der Waals surface area contributed by atoms with Gasteiger partial charge in [0.05, 0.1) is 17.5 Å². The number of fused-ring (bicyclic) bond motifs is 1. The Labute approximate surface area is 174 Å². The lowest BCUT2D eigenvalue weighted by molar-refractivity contribution is 0.0746. The Hall–Kier alpha value is -3.10. The highest BCUT2D eigenvalue weighted by Crippen LogP contribution is 2.14. The number of rotatable bonds is 4. The van der Waals surface area contributed by atoms with Gasteiger partial charge in [0.15, 0.2) is 0 Å². The predicted molar refractivity (Wildman–Crippen MR) is 113 cm³/mol. The van der Waals surface area contributed by atoms with Gasteiger partial charge in [0.1, 0.15) is 0 Å². The van der Waals surface area contributed by atoms with E-state index >= 15 is 0 Å². The smallest absolute Gasteiger partial charge is 0.409 e. The molecule has 2 aromatic rings. The monoisotopic (exact) mass is 416 g/mol. The van der Waals surface area contributed by atoms with Crippen molar-refractivity contribution in [3.63, 3.8) is 0 Å². The summed E-state index contributed by atoms with van der Waals surface area (Å²) >= 11 is 0. The number of ether oxygens (including phenoxy) is 1. The minimum Gasteiger partial charge on any atom is -0.449 e. The first kappa shape index (κ1) is 21.6. The van der Waals surface area contributed by atoms with Crippen LogP contribution >= 0.6 is 0 Å². The molecule has 0 aliphatic carbocycles. The number of hydrogen-bond acceptors (Lipinski definition) is 5. The van der Waals surface area contributed by atoms with Gasteiger partial charge in [0.2, 0.25) is 0 Å². The zero-order valence-electron chi connectivity index (χ0n) is 17.6. The molecule has 0 spiro atoms. The van der Waals surface area contributed by atoms with Crippen molar-refractivity contribution in [1.29, 1.82) is 0 Å². The van der Waals surface area contributed by atoms with Crippen LogP contribution in [0.15, 0.2) is 27.8 Å². The number of carbonyl (C=O) groups excluding carboxylic acids is 2. The van der Waals surface area contributed by atoms with Crippen LogP contribution in [0.4, 0.5) is 4.79 Å². The average molecular weight is 416 g/mol. The molecule has 1 saturated heterocycles. The summed E-state index contributed by atoms with van der Waals surface area (Å²) in [6.45, 7) is 8.15. The van der Waals surface area contributed by atoms with Crippen molar-refractivity contribution in [1.82, 2.24) is 19.4 Å². The first-order chi connectivity index (χ1) is 14.3. The summed E-state index contributed by atoms with van der Waals surface area (Å²) in [5.41, 5.74) is -0.137. The standard InChI is InChI=1S/C21H28N4O5/c1-4-25-19(27)16-7-6-15(12-17(16)22-20(25)28)18(26)23-8-5-9-24(11-10-23)21(29)30-13-14(2)3/h6-7,12,14H,4-5,8-11,13H2,1-3H3,(H,22,28). The number of nitrogens with one attached hydrogen (secondary N) is 1. The largest absolute Gasteiger partial charge is 0.449 e. The van der Waals surface area contributed by atoms with Gasteiger partial charge in [0.25, 0.3) is 11.5 Å². The van der Waals surface area contributed by atoms with E-state index in [1.54, 1.807) is 34.9 Å². The zero-order valence-corrected chi connectivity index (χ0v) is 17.6. The van der Waals surface area contributed by atoms with E-state index in [9.17, 15) is 19.2 Å². The zero-order chi connectivity index (χ0) is 21.8. The van der Waals surface area contributed by atoms with Gasteiger partial charge in [-0.15, -0.1) is 0 Å². The van der Waals surface area contributed by atoms with E-state index < -0.39 is 5.69 Å². The topological polar surface area (TPSA) is 105 Å². The van der Waals surface area contributed by atoms with E-state index in [-0.39, 0.29) is 30.0 Å². The molecule has 1 aromatic heterocycles. The second-order valence-corrected chi connectivity index (χ2v) is 7.84. The maximum absolute atomic E-state index is 13.0. The number of hydrogen-bond donors (Lipinski definition) is 1. The molecular weight excluding hydrogens is 388 g/mol. The van der Waals surface area contributed by atoms with Crippen LogP contribution in [0.5, 0.6) is 0 Å².